The zero-order chi connectivity index (χ0) is 23.0. The number of likely N-dealkylation sites (tertiary alicyclic amines) is 1. The van der Waals surface area contributed by atoms with Gasteiger partial charge in [0.2, 0.25) is 0 Å². The van der Waals surface area contributed by atoms with Gasteiger partial charge in [-0.3, -0.25) is 14.5 Å². The number of benzene rings is 1. The number of rotatable bonds is 5. The van der Waals surface area contributed by atoms with Crippen molar-refractivity contribution in [2.75, 3.05) is 33.3 Å². The first kappa shape index (κ1) is 21.2. The molecule has 0 bridgehead atoms. The number of aromatic nitrogens is 3. The molecule has 1 spiro atoms. The molecule has 2 aromatic heterocycles. The molecule has 9 nitrogen and oxygen atoms in total. The molecule has 3 aromatic rings. The van der Waals surface area contributed by atoms with Crippen LogP contribution in [0.5, 0.6) is 5.75 Å². The van der Waals surface area contributed by atoms with Crippen molar-refractivity contribution >= 4 is 22.8 Å². The average molecular weight is 449 g/mol. The maximum absolute atomic E-state index is 12.3. The molecule has 0 saturated carbocycles. The van der Waals surface area contributed by atoms with E-state index < -0.39 is 0 Å². The van der Waals surface area contributed by atoms with Crippen molar-refractivity contribution in [3.63, 3.8) is 0 Å². The molecule has 1 aromatic carbocycles. The molecule has 1 atom stereocenters. The smallest absolute Gasteiger partial charge is 0.317 e. The fourth-order valence-corrected chi connectivity index (χ4v) is 4.89. The van der Waals surface area contributed by atoms with Gasteiger partial charge in [-0.05, 0) is 50.1 Å². The monoisotopic (exact) mass is 448 g/mol. The molecular formula is C24H28N6O3. The molecule has 0 radical (unpaired) electrons. The number of hydrogen-bond donors (Lipinski definition) is 2. The summed E-state index contributed by atoms with van der Waals surface area (Å²) in [6, 6.07) is 9.81. The van der Waals surface area contributed by atoms with Gasteiger partial charge in [0.25, 0.3) is 5.91 Å². The van der Waals surface area contributed by atoms with Crippen LogP contribution in [0.4, 0.5) is 4.79 Å². The van der Waals surface area contributed by atoms with E-state index in [4.69, 9.17) is 9.84 Å². The van der Waals surface area contributed by atoms with Gasteiger partial charge in [-0.25, -0.2) is 4.79 Å². The third kappa shape index (κ3) is 3.88. The minimum absolute atomic E-state index is 0.0146. The maximum atomic E-state index is 12.3. The second kappa shape index (κ2) is 8.38. The predicted molar refractivity (Wildman–Crippen MR) is 124 cm³/mol. The van der Waals surface area contributed by atoms with E-state index in [1.54, 1.807) is 7.05 Å². The first-order valence-corrected chi connectivity index (χ1v) is 11.4. The zero-order valence-electron chi connectivity index (χ0n) is 18.9. The van der Waals surface area contributed by atoms with E-state index in [-0.39, 0.29) is 24.0 Å². The van der Waals surface area contributed by atoms with Crippen LogP contribution in [0.2, 0.25) is 0 Å². The summed E-state index contributed by atoms with van der Waals surface area (Å²) in [7, 11) is 1.58. The Kier molecular flexibility index (Phi) is 5.39. The number of pyridine rings is 1. The van der Waals surface area contributed by atoms with Crippen LogP contribution in [0.3, 0.4) is 0 Å². The Hall–Kier alpha value is -3.62. The van der Waals surface area contributed by atoms with Gasteiger partial charge in [-0.15, -0.1) is 0 Å². The van der Waals surface area contributed by atoms with E-state index in [0.717, 1.165) is 54.6 Å². The lowest BCUT2D eigenvalue weighted by Gasteiger charge is -2.23. The maximum Gasteiger partial charge on any atom is 0.317 e. The van der Waals surface area contributed by atoms with Crippen molar-refractivity contribution in [3.8, 4) is 17.0 Å². The van der Waals surface area contributed by atoms with Crippen molar-refractivity contribution in [2.24, 2.45) is 0 Å². The van der Waals surface area contributed by atoms with E-state index >= 15 is 0 Å². The number of ether oxygens (including phenoxy) is 1. The minimum atomic E-state index is -0.180. The number of amides is 3. The topological polar surface area (TPSA) is 101 Å². The lowest BCUT2D eigenvalue weighted by atomic mass is 9.82. The van der Waals surface area contributed by atoms with Crippen LogP contribution in [0, 0.1) is 0 Å². The largest absolute Gasteiger partial charge is 0.484 e. The van der Waals surface area contributed by atoms with Crippen LogP contribution in [-0.2, 0) is 16.8 Å². The SMILES string of the molecule is CCNC(=O)N1CCC2(CCn3nc(-c4cnc5ccc(OCC(=O)NC)cc5c4)cc32)C1. The van der Waals surface area contributed by atoms with E-state index in [0.29, 0.717) is 12.3 Å². The van der Waals surface area contributed by atoms with Gasteiger partial charge < -0.3 is 20.3 Å². The van der Waals surface area contributed by atoms with Gasteiger partial charge in [0.15, 0.2) is 6.61 Å². The Morgan fingerprint density at radius 3 is 2.85 bits per heavy atom. The number of hydrogen-bond acceptors (Lipinski definition) is 5. The van der Waals surface area contributed by atoms with Gasteiger partial charge in [-0.1, -0.05) is 0 Å². The molecule has 2 N–H and O–H groups in total. The van der Waals surface area contributed by atoms with E-state index in [2.05, 4.69) is 32.4 Å². The second-order valence-electron chi connectivity index (χ2n) is 8.72. The molecule has 0 aliphatic carbocycles. The van der Waals surface area contributed by atoms with Crippen LogP contribution in [-0.4, -0.2) is 64.9 Å². The number of carbonyl (C=O) groups excluding carboxylic acids is 2. The predicted octanol–water partition coefficient (Wildman–Crippen LogP) is 2.30. The zero-order valence-corrected chi connectivity index (χ0v) is 18.9. The minimum Gasteiger partial charge on any atom is -0.484 e. The summed E-state index contributed by atoms with van der Waals surface area (Å²) in [5.41, 5.74) is 3.84. The van der Waals surface area contributed by atoms with Gasteiger partial charge in [0, 0.05) is 61.5 Å². The fourth-order valence-electron chi connectivity index (χ4n) is 4.89. The summed E-state index contributed by atoms with van der Waals surface area (Å²) in [5.74, 6) is 0.439. The number of aryl methyl sites for hydroxylation is 1. The molecule has 33 heavy (non-hydrogen) atoms. The highest BCUT2D eigenvalue weighted by atomic mass is 16.5. The number of carbonyl (C=O) groups is 2. The standard InChI is InChI=1S/C24H28N6O3/c1-3-26-23(32)29-8-6-24(15-29)7-9-30-21(24)12-20(28-30)17-10-16-11-18(33-14-22(31)25-2)4-5-19(16)27-13-17/h4-5,10-13H,3,6-9,14-15H2,1-2H3,(H,25,31)(H,26,32). The van der Waals surface area contributed by atoms with Gasteiger partial charge in [0.05, 0.1) is 11.2 Å². The van der Waals surface area contributed by atoms with Crippen molar-refractivity contribution in [1.29, 1.82) is 0 Å². The highest BCUT2D eigenvalue weighted by molar-refractivity contribution is 5.84. The molecule has 9 heteroatoms. The van der Waals surface area contributed by atoms with E-state index in [1.807, 2.05) is 36.2 Å². The first-order chi connectivity index (χ1) is 16.0. The molecule has 1 saturated heterocycles. The fraction of sp³-hybridized carbons (Fsp3) is 0.417. The molecule has 172 valence electrons. The molecule has 5 rings (SSSR count). The lowest BCUT2D eigenvalue weighted by Crippen LogP contribution is -2.40. The Bertz CT molecular complexity index is 1220. The molecule has 1 unspecified atom stereocenters. The highest BCUT2D eigenvalue weighted by Crippen LogP contribution is 2.43. The Labute approximate surface area is 192 Å². The van der Waals surface area contributed by atoms with Crippen molar-refractivity contribution in [1.82, 2.24) is 30.3 Å². The molecule has 2 aliphatic rings. The van der Waals surface area contributed by atoms with Crippen LogP contribution in [0.15, 0.2) is 36.5 Å². The summed E-state index contributed by atoms with van der Waals surface area (Å²) in [4.78, 5) is 30.3. The molecule has 2 aliphatic heterocycles. The third-order valence-electron chi connectivity index (χ3n) is 6.69. The number of nitrogens with zero attached hydrogens (tertiary/aromatic N) is 4. The van der Waals surface area contributed by atoms with Gasteiger partial charge in [-0.2, -0.15) is 5.10 Å². The average Bonchev–Trinajstić information content (AvgIpc) is 3.54. The van der Waals surface area contributed by atoms with Crippen LogP contribution in [0.1, 0.15) is 25.5 Å². The number of urea groups is 1. The van der Waals surface area contributed by atoms with E-state index in [9.17, 15) is 9.59 Å². The number of nitrogens with one attached hydrogen (secondary N) is 2. The number of fused-ring (bicyclic) bond motifs is 3. The van der Waals surface area contributed by atoms with Crippen LogP contribution in [0.25, 0.3) is 22.2 Å². The normalized spacial score (nSPS) is 19.2. The summed E-state index contributed by atoms with van der Waals surface area (Å²) >= 11 is 0. The van der Waals surface area contributed by atoms with Crippen molar-refractivity contribution in [2.45, 2.75) is 31.7 Å². The summed E-state index contributed by atoms with van der Waals surface area (Å²) in [6.07, 6.45) is 3.80. The Morgan fingerprint density at radius 2 is 2.03 bits per heavy atom. The summed E-state index contributed by atoms with van der Waals surface area (Å²) in [6.45, 7) is 4.90. The summed E-state index contributed by atoms with van der Waals surface area (Å²) < 4.78 is 7.66. The van der Waals surface area contributed by atoms with E-state index in [1.165, 1.54) is 5.69 Å². The number of likely N-dealkylation sites (N-methyl/N-ethyl adjacent to an activating group) is 1. The van der Waals surface area contributed by atoms with Crippen LogP contribution >= 0.6 is 0 Å². The van der Waals surface area contributed by atoms with Crippen LogP contribution < -0.4 is 15.4 Å². The van der Waals surface area contributed by atoms with Gasteiger partial charge >= 0.3 is 6.03 Å². The first-order valence-electron chi connectivity index (χ1n) is 11.4. The van der Waals surface area contributed by atoms with Gasteiger partial charge in [0.1, 0.15) is 5.75 Å². The second-order valence-corrected chi connectivity index (χ2v) is 8.72. The molecule has 1 fully saturated rings. The molecule has 4 heterocycles. The molecule has 3 amide bonds. The highest BCUT2D eigenvalue weighted by Gasteiger charge is 2.46. The van der Waals surface area contributed by atoms with Crippen molar-refractivity contribution in [3.05, 3.63) is 42.2 Å². The quantitative estimate of drug-likeness (QED) is 0.624. The van der Waals surface area contributed by atoms with Crippen molar-refractivity contribution < 1.29 is 14.3 Å². The Balaban J connectivity index is 1.40. The molecular weight excluding hydrogens is 420 g/mol. The lowest BCUT2D eigenvalue weighted by molar-refractivity contribution is -0.122. The summed E-state index contributed by atoms with van der Waals surface area (Å²) in [5, 5.41) is 11.2. The Morgan fingerprint density at radius 1 is 1.18 bits per heavy atom. The third-order valence-corrected chi connectivity index (χ3v) is 6.69.